The van der Waals surface area contributed by atoms with E-state index < -0.39 is 63.2 Å². The Morgan fingerprint density at radius 1 is 1.02 bits per heavy atom. The number of alkyl carbamates (subject to hydrolysis) is 1. The Kier molecular flexibility index (Phi) is 12.4. The van der Waals surface area contributed by atoms with E-state index in [4.69, 9.17) is 19.2 Å². The van der Waals surface area contributed by atoms with Crippen molar-refractivity contribution in [3.8, 4) is 22.8 Å². The van der Waals surface area contributed by atoms with Crippen molar-refractivity contribution in [3.05, 3.63) is 54.6 Å². The summed E-state index contributed by atoms with van der Waals surface area (Å²) in [6, 6.07) is 14.8. The van der Waals surface area contributed by atoms with E-state index in [1.54, 1.807) is 33.9 Å². The summed E-state index contributed by atoms with van der Waals surface area (Å²) < 4.78 is 44.0. The lowest BCUT2D eigenvalue weighted by atomic mass is 9.84. The quantitative estimate of drug-likeness (QED) is 0.200. The van der Waals surface area contributed by atoms with E-state index in [2.05, 4.69) is 10.6 Å². The van der Waals surface area contributed by atoms with E-state index >= 15 is 0 Å². The fraction of sp³-hybridized carbons (Fsp3) is 0.548. The number of nitrogens with zero attached hydrogens (tertiary/aromatic N) is 2. The van der Waals surface area contributed by atoms with Crippen molar-refractivity contribution in [2.24, 2.45) is 11.8 Å². The molecule has 1 saturated heterocycles. The van der Waals surface area contributed by atoms with Gasteiger partial charge in [-0.05, 0) is 57.6 Å². The van der Waals surface area contributed by atoms with Gasteiger partial charge in [-0.3, -0.25) is 19.1 Å². The molecule has 5 atom stereocenters. The zero-order chi connectivity index (χ0) is 41.1. The topological polar surface area (TPSA) is 182 Å². The highest BCUT2D eigenvalue weighted by Crippen LogP contribution is 2.46. The molecule has 3 N–H and O–H groups in total. The highest BCUT2D eigenvalue weighted by Gasteiger charge is 2.61. The predicted octanol–water partition coefficient (Wildman–Crippen LogP) is 5.48. The molecule has 1 aliphatic heterocycles. The van der Waals surface area contributed by atoms with Gasteiger partial charge in [0, 0.05) is 29.5 Å². The first-order valence-electron chi connectivity index (χ1n) is 19.8. The van der Waals surface area contributed by atoms with E-state index in [1.165, 1.54) is 4.90 Å². The second-order valence-corrected chi connectivity index (χ2v) is 18.4. The van der Waals surface area contributed by atoms with E-state index in [-0.39, 0.29) is 31.2 Å². The number of carbonyl (C=O) groups excluding carboxylic acids is 4. The van der Waals surface area contributed by atoms with Crippen molar-refractivity contribution in [3.63, 3.8) is 0 Å². The molecular weight excluding hydrogens is 751 g/mol. The Hall–Kier alpha value is -4.92. The van der Waals surface area contributed by atoms with Crippen LogP contribution in [-0.4, -0.2) is 91.4 Å². The van der Waals surface area contributed by atoms with Gasteiger partial charge in [0.05, 0.1) is 31.1 Å². The number of rotatable bonds is 13. The van der Waals surface area contributed by atoms with Crippen LogP contribution in [-0.2, 0) is 29.1 Å². The van der Waals surface area contributed by atoms with Gasteiger partial charge in [-0.1, -0.05) is 75.8 Å². The van der Waals surface area contributed by atoms with Crippen LogP contribution in [0.3, 0.4) is 0 Å². The number of ether oxygens (including phenoxy) is 3. The molecule has 0 unspecified atom stereocenters. The van der Waals surface area contributed by atoms with Gasteiger partial charge in [0.2, 0.25) is 21.8 Å². The summed E-state index contributed by atoms with van der Waals surface area (Å²) in [6.45, 7) is 7.08. The van der Waals surface area contributed by atoms with Crippen molar-refractivity contribution < 1.29 is 41.8 Å². The van der Waals surface area contributed by atoms with Crippen LogP contribution >= 0.6 is 0 Å². The van der Waals surface area contributed by atoms with Crippen molar-refractivity contribution in [2.45, 2.75) is 115 Å². The molecule has 15 heteroatoms. The molecule has 0 bridgehead atoms. The number of hydrogen-bond donors (Lipinski definition) is 3. The maximum absolute atomic E-state index is 14.8. The highest BCUT2D eigenvalue weighted by molar-refractivity contribution is 7.89. The van der Waals surface area contributed by atoms with Gasteiger partial charge < -0.3 is 29.7 Å². The van der Waals surface area contributed by atoms with Gasteiger partial charge in [0.15, 0.2) is 0 Å². The first kappa shape index (κ1) is 41.7. The zero-order valence-corrected chi connectivity index (χ0v) is 34.4. The van der Waals surface area contributed by atoms with E-state index in [0.717, 1.165) is 43.9 Å². The minimum atomic E-state index is -3.92. The second kappa shape index (κ2) is 16.9. The van der Waals surface area contributed by atoms with Crippen LogP contribution in [0.4, 0.5) is 4.79 Å². The van der Waals surface area contributed by atoms with Gasteiger partial charge in [-0.2, -0.15) is 0 Å². The summed E-state index contributed by atoms with van der Waals surface area (Å²) in [5.74, 6) is -0.917. The molecular formula is C42H55N5O9S. The maximum atomic E-state index is 14.8. The molecule has 308 valence electrons. The number of hydrogen-bond acceptors (Lipinski definition) is 10. The third kappa shape index (κ3) is 10.2. The van der Waals surface area contributed by atoms with Crippen molar-refractivity contribution in [1.82, 2.24) is 25.2 Å². The maximum Gasteiger partial charge on any atom is 0.408 e. The summed E-state index contributed by atoms with van der Waals surface area (Å²) in [4.78, 5) is 62.2. The molecule has 3 fully saturated rings. The van der Waals surface area contributed by atoms with Gasteiger partial charge in [-0.25, -0.2) is 18.2 Å². The largest absolute Gasteiger partial charge is 0.497 e. The number of fused-ring (bicyclic) bond motifs is 1. The Bertz CT molecular complexity index is 2080. The summed E-state index contributed by atoms with van der Waals surface area (Å²) in [7, 11) is -2.34. The number of carbonyl (C=O) groups is 4. The molecule has 4 amide bonds. The molecule has 2 saturated carbocycles. The van der Waals surface area contributed by atoms with Gasteiger partial charge in [0.25, 0.3) is 5.91 Å². The Labute approximate surface area is 334 Å². The zero-order valence-electron chi connectivity index (χ0n) is 33.6. The third-order valence-electron chi connectivity index (χ3n) is 11.1. The number of pyridine rings is 1. The minimum Gasteiger partial charge on any atom is -0.497 e. The number of methoxy groups -OCH3 is 1. The van der Waals surface area contributed by atoms with Crippen molar-refractivity contribution >= 4 is 44.7 Å². The lowest BCUT2D eigenvalue weighted by molar-refractivity contribution is -0.141. The molecule has 14 nitrogen and oxygen atoms in total. The molecule has 0 radical (unpaired) electrons. The predicted molar refractivity (Wildman–Crippen MR) is 215 cm³/mol. The second-order valence-electron chi connectivity index (χ2n) is 16.6. The van der Waals surface area contributed by atoms with Crippen LogP contribution < -0.4 is 24.8 Å². The van der Waals surface area contributed by atoms with Crippen molar-refractivity contribution in [1.29, 1.82) is 0 Å². The summed E-state index contributed by atoms with van der Waals surface area (Å²) in [5.41, 5.74) is -0.131. The average Bonchev–Trinajstić information content (AvgIpc) is 3.72. The standard InChI is InChI=1S/C42H55N5O9S/c1-7-28-24-42(28,39(50)46-57(6,52)53)45-37(48)35-22-30(25-47(35)38(49)34(20-26-14-10-8-11-15-26)44-40(51)56-41(2,3)4)55-36-23-32(27-16-12-9-13-17-27)43-33-21-29(54-5)18-19-31(33)36/h9,12-13,16-19,21,23,26,28,30,34-35H,7-8,10-11,14-15,20,22,24-25H2,1-6H3,(H,44,51)(H,45,48)(H,46,50)/t28-,30+,34-,35-,42-/m0/s1. The Morgan fingerprint density at radius 3 is 2.37 bits per heavy atom. The number of sulfonamides is 1. The minimum absolute atomic E-state index is 0.00549. The van der Waals surface area contributed by atoms with Crippen LogP contribution in [0.15, 0.2) is 54.6 Å². The molecule has 0 spiro atoms. The molecule has 57 heavy (non-hydrogen) atoms. The van der Waals surface area contributed by atoms with Gasteiger partial charge >= 0.3 is 6.09 Å². The molecule has 2 aromatic carbocycles. The Morgan fingerprint density at radius 2 is 1.74 bits per heavy atom. The van der Waals surface area contributed by atoms with Crippen LogP contribution in [0.5, 0.6) is 11.5 Å². The number of aromatic nitrogens is 1. The number of amides is 4. The molecule has 1 aromatic heterocycles. The first-order chi connectivity index (χ1) is 27.0. The smallest absolute Gasteiger partial charge is 0.408 e. The molecule has 2 heterocycles. The van der Waals surface area contributed by atoms with Crippen LogP contribution in [0.25, 0.3) is 22.2 Å². The first-order valence-corrected chi connectivity index (χ1v) is 21.7. The Balaban J connectivity index is 1.35. The molecule has 6 rings (SSSR count). The van der Waals surface area contributed by atoms with Crippen LogP contribution in [0, 0.1) is 11.8 Å². The number of benzene rings is 2. The lowest BCUT2D eigenvalue weighted by Gasteiger charge is -2.32. The SMILES string of the molecule is CC[C@H]1C[C@@]1(NC(=O)[C@@H]1C[C@@H](Oc2cc(-c3ccccc3)nc3cc(OC)ccc23)CN1C(=O)[C@H](CC1CCCCC1)NC(=O)OC(C)(C)C)C(=O)NS(C)(=O)=O. The molecule has 3 aliphatic rings. The van der Waals surface area contributed by atoms with Gasteiger partial charge in [-0.15, -0.1) is 0 Å². The summed E-state index contributed by atoms with van der Waals surface area (Å²) >= 11 is 0. The van der Waals surface area contributed by atoms with Crippen LogP contribution in [0.1, 0.15) is 85.5 Å². The van der Waals surface area contributed by atoms with E-state index in [9.17, 15) is 27.6 Å². The fourth-order valence-corrected chi connectivity index (χ4v) is 8.73. The van der Waals surface area contributed by atoms with Crippen molar-refractivity contribution in [2.75, 3.05) is 19.9 Å². The van der Waals surface area contributed by atoms with Crippen LogP contribution in [0.2, 0.25) is 0 Å². The monoisotopic (exact) mass is 805 g/mol. The normalized spacial score (nSPS) is 23.0. The fourth-order valence-electron chi connectivity index (χ4n) is 8.21. The van der Waals surface area contributed by atoms with E-state index in [1.807, 2.05) is 60.2 Å². The lowest BCUT2D eigenvalue weighted by Crippen LogP contribution is -2.58. The third-order valence-corrected chi connectivity index (χ3v) is 11.7. The van der Waals surface area contributed by atoms with E-state index in [0.29, 0.717) is 40.9 Å². The summed E-state index contributed by atoms with van der Waals surface area (Å²) in [5, 5.41) is 6.39. The summed E-state index contributed by atoms with van der Waals surface area (Å²) in [6.07, 6.45) is 5.62. The number of nitrogens with one attached hydrogen (secondary N) is 3. The van der Waals surface area contributed by atoms with Gasteiger partial charge in [0.1, 0.15) is 40.8 Å². The highest BCUT2D eigenvalue weighted by atomic mass is 32.2. The average molecular weight is 806 g/mol. The number of likely N-dealkylation sites (tertiary alicyclic amines) is 1. The molecule has 2 aliphatic carbocycles. The molecule has 3 aromatic rings.